The number of halogens is 1. The molecule has 2 rings (SSSR count). The van der Waals surface area contributed by atoms with Crippen LogP contribution >= 0.6 is 0 Å². The molecular weight excluding hydrogens is 241 g/mol. The van der Waals surface area contributed by atoms with E-state index in [0.717, 1.165) is 25.8 Å². The van der Waals surface area contributed by atoms with Crippen molar-refractivity contribution in [2.75, 3.05) is 13.1 Å². The van der Waals surface area contributed by atoms with Crippen molar-refractivity contribution >= 4 is 0 Å². The van der Waals surface area contributed by atoms with E-state index in [4.69, 9.17) is 11.0 Å². The number of hydrogen-bond donors (Lipinski definition) is 1. The predicted molar refractivity (Wildman–Crippen MR) is 72.9 cm³/mol. The molecule has 1 unspecified atom stereocenters. The smallest absolute Gasteiger partial charge is 0.145 e. The first-order valence-corrected chi connectivity index (χ1v) is 6.87. The molecule has 1 aromatic rings. The summed E-state index contributed by atoms with van der Waals surface area (Å²) in [5.41, 5.74) is 6.42. The van der Waals surface area contributed by atoms with E-state index in [1.54, 1.807) is 12.1 Å². The lowest BCUT2D eigenvalue weighted by Gasteiger charge is -2.31. The molecular formula is C15H20FN3. The lowest BCUT2D eigenvalue weighted by molar-refractivity contribution is 0.183. The Morgan fingerprint density at radius 1 is 1.53 bits per heavy atom. The molecule has 0 heterocycles. The van der Waals surface area contributed by atoms with Gasteiger partial charge in [-0.1, -0.05) is 19.1 Å². The summed E-state index contributed by atoms with van der Waals surface area (Å²) in [5, 5.41) is 8.94. The van der Waals surface area contributed by atoms with Gasteiger partial charge in [-0.25, -0.2) is 4.39 Å². The average Bonchev–Trinajstić information content (AvgIpc) is 3.24. The fraction of sp³-hybridized carbons (Fsp3) is 0.533. The Morgan fingerprint density at radius 3 is 2.79 bits per heavy atom. The molecule has 1 atom stereocenters. The number of nitrogens with zero attached hydrogens (tertiary/aromatic N) is 2. The van der Waals surface area contributed by atoms with Crippen LogP contribution in [0.1, 0.15) is 43.4 Å². The zero-order valence-electron chi connectivity index (χ0n) is 11.3. The molecule has 1 fully saturated rings. The van der Waals surface area contributed by atoms with Crippen molar-refractivity contribution in [2.24, 2.45) is 5.73 Å². The van der Waals surface area contributed by atoms with Gasteiger partial charge in [-0.15, -0.1) is 0 Å². The second kappa shape index (κ2) is 6.14. The Morgan fingerprint density at radius 2 is 2.26 bits per heavy atom. The topological polar surface area (TPSA) is 53.0 Å². The van der Waals surface area contributed by atoms with Gasteiger partial charge in [-0.3, -0.25) is 4.90 Å². The van der Waals surface area contributed by atoms with E-state index in [2.05, 4.69) is 11.8 Å². The van der Waals surface area contributed by atoms with Gasteiger partial charge in [-0.05, 0) is 25.3 Å². The maximum Gasteiger partial charge on any atom is 0.145 e. The Bertz CT molecular complexity index is 477. The van der Waals surface area contributed by atoms with Crippen LogP contribution in [0, 0.1) is 17.1 Å². The van der Waals surface area contributed by atoms with Crippen LogP contribution in [0.4, 0.5) is 4.39 Å². The number of nitriles is 1. The van der Waals surface area contributed by atoms with Gasteiger partial charge in [0, 0.05) is 30.7 Å². The maximum absolute atomic E-state index is 14.3. The van der Waals surface area contributed by atoms with Crippen molar-refractivity contribution < 1.29 is 4.39 Å². The van der Waals surface area contributed by atoms with Gasteiger partial charge in [0.1, 0.15) is 11.9 Å². The second-order valence-electron chi connectivity index (χ2n) is 5.00. The van der Waals surface area contributed by atoms with Gasteiger partial charge < -0.3 is 5.73 Å². The lowest BCUT2D eigenvalue weighted by atomic mass is 9.99. The van der Waals surface area contributed by atoms with Crippen molar-refractivity contribution in [3.8, 4) is 6.07 Å². The zero-order chi connectivity index (χ0) is 13.8. The first-order chi connectivity index (χ1) is 9.22. The van der Waals surface area contributed by atoms with Crippen molar-refractivity contribution in [3.63, 3.8) is 0 Å². The fourth-order valence-electron chi connectivity index (χ4n) is 2.67. The molecule has 19 heavy (non-hydrogen) atoms. The summed E-state index contributed by atoms with van der Waals surface area (Å²) < 4.78 is 14.3. The molecule has 0 radical (unpaired) electrons. The van der Waals surface area contributed by atoms with Gasteiger partial charge in [0.2, 0.25) is 0 Å². The minimum Gasteiger partial charge on any atom is -0.329 e. The normalized spacial score (nSPS) is 16.4. The van der Waals surface area contributed by atoms with Gasteiger partial charge >= 0.3 is 0 Å². The van der Waals surface area contributed by atoms with Crippen molar-refractivity contribution in [1.82, 2.24) is 4.90 Å². The summed E-state index contributed by atoms with van der Waals surface area (Å²) in [4.78, 5) is 2.29. The van der Waals surface area contributed by atoms with Crippen LogP contribution in [0.15, 0.2) is 18.2 Å². The maximum atomic E-state index is 14.3. The van der Waals surface area contributed by atoms with E-state index in [-0.39, 0.29) is 17.4 Å². The van der Waals surface area contributed by atoms with Crippen LogP contribution in [-0.2, 0) is 0 Å². The number of nitrogens with two attached hydrogens (primary N) is 1. The number of benzene rings is 1. The van der Waals surface area contributed by atoms with E-state index in [0.29, 0.717) is 18.2 Å². The van der Waals surface area contributed by atoms with E-state index in [1.165, 1.54) is 6.07 Å². The highest BCUT2D eigenvalue weighted by Gasteiger charge is 2.34. The van der Waals surface area contributed by atoms with Gasteiger partial charge in [-0.2, -0.15) is 5.26 Å². The molecule has 1 aliphatic carbocycles. The standard InChI is InChI=1S/C15H20FN3/c1-2-14(19(9-8-17)12-6-7-12)13-5-3-4-11(10-18)15(13)16/h3-5,12,14H,2,6-9,17H2,1H3. The summed E-state index contributed by atoms with van der Waals surface area (Å²) in [6.07, 6.45) is 3.15. The van der Waals surface area contributed by atoms with E-state index in [9.17, 15) is 4.39 Å². The molecule has 0 aliphatic heterocycles. The molecule has 0 amide bonds. The molecule has 0 spiro atoms. The molecule has 0 aromatic heterocycles. The van der Waals surface area contributed by atoms with Crippen molar-refractivity contribution in [3.05, 3.63) is 35.1 Å². The Hall–Kier alpha value is -1.44. The van der Waals surface area contributed by atoms with Crippen LogP contribution in [0.5, 0.6) is 0 Å². The monoisotopic (exact) mass is 261 g/mol. The third kappa shape index (κ3) is 2.94. The molecule has 2 N–H and O–H groups in total. The molecule has 4 heteroatoms. The fourth-order valence-corrected chi connectivity index (χ4v) is 2.67. The largest absolute Gasteiger partial charge is 0.329 e. The first-order valence-electron chi connectivity index (χ1n) is 6.87. The summed E-state index contributed by atoms with van der Waals surface area (Å²) in [6, 6.07) is 7.53. The van der Waals surface area contributed by atoms with Gasteiger partial charge in [0.15, 0.2) is 0 Å². The van der Waals surface area contributed by atoms with Gasteiger partial charge in [0.25, 0.3) is 0 Å². The molecule has 1 aliphatic rings. The van der Waals surface area contributed by atoms with E-state index < -0.39 is 0 Å². The lowest BCUT2D eigenvalue weighted by Crippen LogP contribution is -2.35. The summed E-state index contributed by atoms with van der Waals surface area (Å²) >= 11 is 0. The highest BCUT2D eigenvalue weighted by atomic mass is 19.1. The first kappa shape index (κ1) is 14.0. The number of hydrogen-bond acceptors (Lipinski definition) is 3. The minimum absolute atomic E-state index is 0.0179. The van der Waals surface area contributed by atoms with Crippen LogP contribution in [-0.4, -0.2) is 24.0 Å². The minimum atomic E-state index is -0.375. The van der Waals surface area contributed by atoms with Crippen molar-refractivity contribution in [2.45, 2.75) is 38.3 Å². The predicted octanol–water partition coefficient (Wildman–Crippen LogP) is 2.57. The molecule has 1 aromatic carbocycles. The van der Waals surface area contributed by atoms with Crippen LogP contribution < -0.4 is 5.73 Å². The van der Waals surface area contributed by atoms with Crippen LogP contribution in [0.2, 0.25) is 0 Å². The Kier molecular flexibility index (Phi) is 4.52. The van der Waals surface area contributed by atoms with Gasteiger partial charge in [0.05, 0.1) is 5.56 Å². The Balaban J connectivity index is 2.33. The molecule has 0 saturated heterocycles. The quantitative estimate of drug-likeness (QED) is 0.856. The third-order valence-electron chi connectivity index (χ3n) is 3.70. The highest BCUT2D eigenvalue weighted by molar-refractivity contribution is 5.36. The van der Waals surface area contributed by atoms with Crippen LogP contribution in [0.25, 0.3) is 0 Å². The zero-order valence-corrected chi connectivity index (χ0v) is 11.3. The Labute approximate surface area is 113 Å². The highest BCUT2D eigenvalue weighted by Crippen LogP contribution is 2.36. The third-order valence-corrected chi connectivity index (χ3v) is 3.70. The summed E-state index contributed by atoms with van der Waals surface area (Å²) in [7, 11) is 0. The average molecular weight is 261 g/mol. The summed E-state index contributed by atoms with van der Waals surface area (Å²) in [6.45, 7) is 3.40. The molecule has 102 valence electrons. The van der Waals surface area contributed by atoms with E-state index >= 15 is 0 Å². The molecule has 1 saturated carbocycles. The van der Waals surface area contributed by atoms with E-state index in [1.807, 2.05) is 6.07 Å². The van der Waals surface area contributed by atoms with Crippen molar-refractivity contribution in [1.29, 1.82) is 5.26 Å². The number of rotatable bonds is 6. The molecule has 3 nitrogen and oxygen atoms in total. The SMILES string of the molecule is CCC(c1cccc(C#N)c1F)N(CCN)C1CC1. The second-order valence-corrected chi connectivity index (χ2v) is 5.00. The van der Waals surface area contributed by atoms with Crippen LogP contribution in [0.3, 0.4) is 0 Å². The summed E-state index contributed by atoms with van der Waals surface area (Å²) in [5.74, 6) is -0.375. The molecule has 0 bridgehead atoms.